The minimum absolute atomic E-state index is 0.0322. The van der Waals surface area contributed by atoms with Crippen molar-refractivity contribution < 1.29 is 14.5 Å². The van der Waals surface area contributed by atoms with Crippen molar-refractivity contribution in [3.63, 3.8) is 0 Å². The molecule has 0 spiro atoms. The Kier molecular flexibility index (Phi) is 6.49. The normalized spacial score (nSPS) is 11.7. The van der Waals surface area contributed by atoms with Gasteiger partial charge >= 0.3 is 5.97 Å². The summed E-state index contributed by atoms with van der Waals surface area (Å²) < 4.78 is 5.13. The van der Waals surface area contributed by atoms with Crippen molar-refractivity contribution in [1.29, 1.82) is 0 Å². The lowest BCUT2D eigenvalue weighted by Crippen LogP contribution is -2.17. The number of aryl methyl sites for hydroxylation is 1. The van der Waals surface area contributed by atoms with Gasteiger partial charge in [0, 0.05) is 11.6 Å². The van der Waals surface area contributed by atoms with Gasteiger partial charge in [-0.25, -0.2) is 0 Å². The lowest BCUT2D eigenvalue weighted by Gasteiger charge is -2.16. The van der Waals surface area contributed by atoms with Gasteiger partial charge in [-0.1, -0.05) is 48.5 Å². The predicted octanol–water partition coefficient (Wildman–Crippen LogP) is 4.26. The molecule has 0 fully saturated rings. The number of nitrogens with zero attached hydrogens (tertiary/aromatic N) is 1. The van der Waals surface area contributed by atoms with E-state index in [1.807, 2.05) is 30.3 Å². The van der Waals surface area contributed by atoms with Gasteiger partial charge < -0.3 is 4.74 Å². The van der Waals surface area contributed by atoms with Crippen LogP contribution in [0.3, 0.4) is 0 Å². The summed E-state index contributed by atoms with van der Waals surface area (Å²) in [6.07, 6.45) is 2.08. The monoisotopic (exact) mass is 327 g/mol. The molecule has 0 radical (unpaired) electrons. The van der Waals surface area contributed by atoms with Gasteiger partial charge in [-0.3, -0.25) is 14.9 Å². The smallest absolute Gasteiger partial charge is 0.313 e. The van der Waals surface area contributed by atoms with Gasteiger partial charge in [0.05, 0.1) is 17.4 Å². The third kappa shape index (κ3) is 4.65. The number of carbonyl (C=O) groups is 1. The van der Waals surface area contributed by atoms with Gasteiger partial charge in [-0.05, 0) is 31.7 Å². The van der Waals surface area contributed by atoms with Crippen LogP contribution in [-0.4, -0.2) is 17.5 Å². The molecule has 1 unspecified atom stereocenters. The van der Waals surface area contributed by atoms with Crippen molar-refractivity contribution in [2.24, 2.45) is 0 Å². The van der Waals surface area contributed by atoms with Crippen molar-refractivity contribution in [3.05, 3.63) is 75.8 Å². The summed E-state index contributed by atoms with van der Waals surface area (Å²) in [6, 6.07) is 16.4. The highest BCUT2D eigenvalue weighted by Crippen LogP contribution is 2.31. The molecule has 5 nitrogen and oxygen atoms in total. The highest BCUT2D eigenvalue weighted by Gasteiger charge is 2.28. The summed E-state index contributed by atoms with van der Waals surface area (Å²) in [5.74, 6) is -1.02. The molecular formula is C19H21NO4. The minimum atomic E-state index is -0.615. The van der Waals surface area contributed by atoms with Crippen molar-refractivity contribution in [3.8, 4) is 0 Å². The zero-order valence-electron chi connectivity index (χ0n) is 13.7. The molecule has 2 aromatic rings. The van der Waals surface area contributed by atoms with Crippen molar-refractivity contribution in [2.45, 2.75) is 32.1 Å². The summed E-state index contributed by atoms with van der Waals surface area (Å²) in [4.78, 5) is 23.1. The highest BCUT2D eigenvalue weighted by atomic mass is 16.6. The maximum absolute atomic E-state index is 12.3. The molecule has 0 saturated carbocycles. The third-order valence-electron chi connectivity index (χ3n) is 3.88. The molecule has 1 atom stereocenters. The molecular weight excluding hydrogens is 306 g/mol. The van der Waals surface area contributed by atoms with E-state index in [2.05, 4.69) is 0 Å². The average molecular weight is 327 g/mol. The van der Waals surface area contributed by atoms with Gasteiger partial charge in [0.15, 0.2) is 0 Å². The number of nitro groups is 1. The predicted molar refractivity (Wildman–Crippen MR) is 91.9 cm³/mol. The molecule has 5 heteroatoms. The van der Waals surface area contributed by atoms with Crippen LogP contribution in [0.25, 0.3) is 0 Å². The Morgan fingerprint density at radius 1 is 1.12 bits per heavy atom. The van der Waals surface area contributed by atoms with E-state index in [9.17, 15) is 14.9 Å². The molecule has 0 aliphatic heterocycles. The molecule has 126 valence electrons. The van der Waals surface area contributed by atoms with E-state index in [1.165, 1.54) is 11.6 Å². The quantitative estimate of drug-likeness (QED) is 0.412. The van der Waals surface area contributed by atoms with E-state index in [0.29, 0.717) is 12.0 Å². The summed E-state index contributed by atoms with van der Waals surface area (Å²) in [7, 11) is 0. The lowest BCUT2D eigenvalue weighted by atomic mass is 9.91. The Morgan fingerprint density at radius 3 is 2.46 bits per heavy atom. The van der Waals surface area contributed by atoms with Gasteiger partial charge in [0.25, 0.3) is 5.69 Å². The minimum Gasteiger partial charge on any atom is -0.466 e. The number of benzene rings is 2. The molecule has 0 aliphatic carbocycles. The maximum Gasteiger partial charge on any atom is 0.313 e. The fraction of sp³-hybridized carbons (Fsp3) is 0.316. The first-order valence-electron chi connectivity index (χ1n) is 8.07. The molecule has 0 aliphatic rings. The molecule has 2 rings (SSSR count). The number of rotatable bonds is 8. The number of para-hydroxylation sites is 1. The van der Waals surface area contributed by atoms with Crippen LogP contribution in [0.15, 0.2) is 54.6 Å². The second-order valence-electron chi connectivity index (χ2n) is 5.50. The first-order valence-corrected chi connectivity index (χ1v) is 8.07. The molecule has 0 N–H and O–H groups in total. The van der Waals surface area contributed by atoms with Gasteiger partial charge in [-0.2, -0.15) is 0 Å². The summed E-state index contributed by atoms with van der Waals surface area (Å²) in [5.41, 5.74) is 1.58. The summed E-state index contributed by atoms with van der Waals surface area (Å²) in [6.45, 7) is 1.99. The largest absolute Gasteiger partial charge is 0.466 e. The molecule has 0 aromatic heterocycles. The van der Waals surface area contributed by atoms with Gasteiger partial charge in [-0.15, -0.1) is 0 Å². The number of esters is 1. The van der Waals surface area contributed by atoms with E-state index < -0.39 is 16.8 Å². The van der Waals surface area contributed by atoms with Crippen LogP contribution < -0.4 is 0 Å². The number of ether oxygens (including phenoxy) is 1. The first kappa shape index (κ1) is 17.7. The van der Waals surface area contributed by atoms with Crippen LogP contribution in [0.5, 0.6) is 0 Å². The van der Waals surface area contributed by atoms with E-state index >= 15 is 0 Å². The second kappa shape index (κ2) is 8.82. The van der Waals surface area contributed by atoms with Gasteiger partial charge in [0.2, 0.25) is 0 Å². The van der Waals surface area contributed by atoms with E-state index in [1.54, 1.807) is 25.1 Å². The summed E-state index contributed by atoms with van der Waals surface area (Å²) >= 11 is 0. The van der Waals surface area contributed by atoms with Crippen LogP contribution in [0.4, 0.5) is 5.69 Å². The third-order valence-corrected chi connectivity index (χ3v) is 3.88. The molecule has 0 amide bonds. The standard InChI is InChI=1S/C19H21NO4/c1-2-24-19(21)17(13-8-11-15-9-4-3-5-10-15)16-12-6-7-14-18(16)20(22)23/h3-7,9-10,12,14,17H,2,8,11,13H2,1H3. The van der Waals surface area contributed by atoms with Crippen LogP contribution in [0.2, 0.25) is 0 Å². The van der Waals surface area contributed by atoms with Crippen molar-refractivity contribution >= 4 is 11.7 Å². The Bertz CT molecular complexity index is 685. The van der Waals surface area contributed by atoms with Crippen LogP contribution in [0.1, 0.15) is 36.8 Å². The van der Waals surface area contributed by atoms with Gasteiger partial charge in [0.1, 0.15) is 0 Å². The van der Waals surface area contributed by atoms with E-state index in [4.69, 9.17) is 4.74 Å². The second-order valence-corrected chi connectivity index (χ2v) is 5.50. The SMILES string of the molecule is CCOC(=O)C(CCCc1ccccc1)c1ccccc1[N+](=O)[O-]. The number of carbonyl (C=O) groups excluding carboxylic acids is 1. The maximum atomic E-state index is 12.3. The van der Waals surface area contributed by atoms with Crippen LogP contribution in [-0.2, 0) is 16.0 Å². The zero-order chi connectivity index (χ0) is 17.4. The Labute approximate surface area is 141 Å². The average Bonchev–Trinajstić information content (AvgIpc) is 2.60. The first-order chi connectivity index (χ1) is 11.6. The van der Waals surface area contributed by atoms with Crippen LogP contribution in [0, 0.1) is 10.1 Å². The molecule has 0 heterocycles. The zero-order valence-corrected chi connectivity index (χ0v) is 13.7. The van der Waals surface area contributed by atoms with Crippen molar-refractivity contribution in [2.75, 3.05) is 6.61 Å². The van der Waals surface area contributed by atoms with E-state index in [-0.39, 0.29) is 12.3 Å². The number of hydrogen-bond donors (Lipinski definition) is 0. The van der Waals surface area contributed by atoms with Crippen molar-refractivity contribution in [1.82, 2.24) is 0 Å². The van der Waals surface area contributed by atoms with E-state index in [0.717, 1.165) is 12.8 Å². The topological polar surface area (TPSA) is 69.4 Å². The number of nitro benzene ring substituents is 1. The Morgan fingerprint density at radius 2 is 1.79 bits per heavy atom. The Hall–Kier alpha value is -2.69. The lowest BCUT2D eigenvalue weighted by molar-refractivity contribution is -0.385. The fourth-order valence-corrected chi connectivity index (χ4v) is 2.75. The fourth-order valence-electron chi connectivity index (χ4n) is 2.75. The molecule has 24 heavy (non-hydrogen) atoms. The van der Waals surface area contributed by atoms with Crippen LogP contribution >= 0.6 is 0 Å². The molecule has 2 aromatic carbocycles. The Balaban J connectivity index is 2.16. The molecule has 0 bridgehead atoms. The summed E-state index contributed by atoms with van der Waals surface area (Å²) in [5, 5.41) is 11.3. The molecule has 0 saturated heterocycles. The number of hydrogen-bond acceptors (Lipinski definition) is 4. The highest BCUT2D eigenvalue weighted by molar-refractivity contribution is 5.79.